The van der Waals surface area contributed by atoms with E-state index in [4.69, 9.17) is 4.42 Å². The average Bonchev–Trinajstić information content (AvgIpc) is 3.30. The quantitative estimate of drug-likeness (QED) is 0.323. The van der Waals surface area contributed by atoms with Gasteiger partial charge in [-0.25, -0.2) is 0 Å². The number of imide groups is 1. The Morgan fingerprint density at radius 1 is 1.03 bits per heavy atom. The molecular weight excluding hydrogens is 466 g/mol. The molecule has 0 aliphatic carbocycles. The van der Waals surface area contributed by atoms with Crippen molar-refractivity contribution in [2.24, 2.45) is 0 Å². The predicted molar refractivity (Wildman–Crippen MR) is 120 cm³/mol. The van der Waals surface area contributed by atoms with Crippen LogP contribution < -0.4 is 0 Å². The summed E-state index contributed by atoms with van der Waals surface area (Å²) in [7, 11) is 0. The second-order valence-electron chi connectivity index (χ2n) is 6.73. The minimum absolute atomic E-state index is 0.000506. The van der Waals surface area contributed by atoms with Crippen molar-refractivity contribution in [3.8, 4) is 11.3 Å². The summed E-state index contributed by atoms with van der Waals surface area (Å²) in [4.78, 5) is 38.0. The molecule has 1 fully saturated rings. The summed E-state index contributed by atoms with van der Waals surface area (Å²) in [5.74, 6) is 0.762. The number of hydrogen-bond donors (Lipinski definition) is 0. The van der Waals surface area contributed by atoms with E-state index in [1.165, 1.54) is 11.8 Å². The molecule has 1 aliphatic heterocycles. The molecular formula is C23H16BrNO4S. The Balaban J connectivity index is 1.51. The fraction of sp³-hybridized carbons (Fsp3) is 0.0870. The first-order valence-electron chi connectivity index (χ1n) is 9.12. The molecule has 1 saturated heterocycles. The first-order valence-corrected chi connectivity index (χ1v) is 10.7. The third kappa shape index (κ3) is 4.32. The van der Waals surface area contributed by atoms with Crippen LogP contribution in [-0.4, -0.2) is 21.8 Å². The zero-order valence-corrected chi connectivity index (χ0v) is 18.3. The second-order valence-corrected chi connectivity index (χ2v) is 8.64. The van der Waals surface area contributed by atoms with Gasteiger partial charge in [-0.1, -0.05) is 52.3 Å². The number of benzene rings is 2. The van der Waals surface area contributed by atoms with E-state index in [0.717, 1.165) is 27.4 Å². The molecule has 0 radical (unpaired) electrons. The van der Waals surface area contributed by atoms with Crippen molar-refractivity contribution >= 4 is 50.7 Å². The molecule has 2 heterocycles. The van der Waals surface area contributed by atoms with Crippen LogP contribution in [0.1, 0.15) is 28.6 Å². The Morgan fingerprint density at radius 2 is 1.73 bits per heavy atom. The van der Waals surface area contributed by atoms with E-state index in [0.29, 0.717) is 22.0 Å². The predicted octanol–water partition coefficient (Wildman–Crippen LogP) is 6.15. The van der Waals surface area contributed by atoms with Gasteiger partial charge in [-0.05, 0) is 48.5 Å². The maximum Gasteiger partial charge on any atom is 0.293 e. The standard InChI is InChI=1S/C23H16BrNO4S/c1-14(26)16-4-6-17(7-5-16)20-11-10-19(29-20)12-21-22(27)25(23(28)30-21)13-15-2-8-18(24)9-3-15/h2-12H,13H2,1H3/b21-12-. The Morgan fingerprint density at radius 3 is 2.40 bits per heavy atom. The van der Waals surface area contributed by atoms with Gasteiger partial charge in [-0.15, -0.1) is 0 Å². The van der Waals surface area contributed by atoms with Gasteiger partial charge in [-0.2, -0.15) is 0 Å². The van der Waals surface area contributed by atoms with Crippen LogP contribution in [0.5, 0.6) is 0 Å². The summed E-state index contributed by atoms with van der Waals surface area (Å²) >= 11 is 4.27. The van der Waals surface area contributed by atoms with Crippen LogP contribution >= 0.6 is 27.7 Å². The van der Waals surface area contributed by atoms with E-state index in [1.807, 2.05) is 36.4 Å². The number of thioether (sulfide) groups is 1. The lowest BCUT2D eigenvalue weighted by Crippen LogP contribution is -2.27. The second kappa shape index (κ2) is 8.45. The van der Waals surface area contributed by atoms with Crippen molar-refractivity contribution in [2.45, 2.75) is 13.5 Å². The summed E-state index contributed by atoms with van der Waals surface area (Å²) in [6.07, 6.45) is 1.58. The van der Waals surface area contributed by atoms with Crippen molar-refractivity contribution in [3.05, 3.63) is 86.9 Å². The molecule has 150 valence electrons. The van der Waals surface area contributed by atoms with Crippen LogP contribution in [0.25, 0.3) is 17.4 Å². The molecule has 0 saturated carbocycles. The molecule has 30 heavy (non-hydrogen) atoms. The molecule has 0 unspecified atom stereocenters. The summed E-state index contributed by atoms with van der Waals surface area (Å²) in [6, 6.07) is 18.1. The maximum absolute atomic E-state index is 12.7. The summed E-state index contributed by atoms with van der Waals surface area (Å²) in [5.41, 5.74) is 2.32. The molecule has 3 aromatic rings. The van der Waals surface area contributed by atoms with Crippen molar-refractivity contribution < 1.29 is 18.8 Å². The number of nitrogens with zero attached hydrogens (tertiary/aromatic N) is 1. The maximum atomic E-state index is 12.7. The van der Waals surface area contributed by atoms with Gasteiger partial charge in [0, 0.05) is 21.7 Å². The van der Waals surface area contributed by atoms with Gasteiger partial charge >= 0.3 is 0 Å². The molecule has 0 N–H and O–H groups in total. The molecule has 2 aromatic carbocycles. The monoisotopic (exact) mass is 481 g/mol. The lowest BCUT2D eigenvalue weighted by Gasteiger charge is -2.12. The van der Waals surface area contributed by atoms with Gasteiger partial charge in [0.25, 0.3) is 11.1 Å². The number of amides is 2. The molecule has 4 rings (SSSR count). The molecule has 0 spiro atoms. The van der Waals surface area contributed by atoms with Crippen LogP contribution in [-0.2, 0) is 11.3 Å². The summed E-state index contributed by atoms with van der Waals surface area (Å²) in [5, 5.41) is -0.305. The molecule has 1 aromatic heterocycles. The topological polar surface area (TPSA) is 67.6 Å². The van der Waals surface area contributed by atoms with Crippen molar-refractivity contribution in [3.63, 3.8) is 0 Å². The normalized spacial score (nSPS) is 15.3. The Labute approximate surface area is 185 Å². The van der Waals surface area contributed by atoms with Crippen LogP contribution in [0.4, 0.5) is 4.79 Å². The highest BCUT2D eigenvalue weighted by Gasteiger charge is 2.35. The minimum atomic E-state index is -0.336. The fourth-order valence-electron chi connectivity index (χ4n) is 2.99. The van der Waals surface area contributed by atoms with Gasteiger partial charge in [0.1, 0.15) is 11.5 Å². The van der Waals surface area contributed by atoms with E-state index < -0.39 is 0 Å². The van der Waals surface area contributed by atoms with Crippen molar-refractivity contribution in [2.75, 3.05) is 0 Å². The third-order valence-electron chi connectivity index (χ3n) is 4.60. The van der Waals surface area contributed by atoms with Gasteiger partial charge in [0.2, 0.25) is 0 Å². The molecule has 1 aliphatic rings. The fourth-order valence-corrected chi connectivity index (χ4v) is 4.08. The zero-order chi connectivity index (χ0) is 21.3. The number of Topliss-reactive ketones (excluding diaryl/α,β-unsaturated/α-hetero) is 1. The number of carbonyl (C=O) groups excluding carboxylic acids is 3. The van der Waals surface area contributed by atoms with Crippen LogP contribution in [0.2, 0.25) is 0 Å². The van der Waals surface area contributed by atoms with Crippen LogP contribution in [0, 0.1) is 0 Å². The largest absolute Gasteiger partial charge is 0.457 e. The number of halogens is 1. The SMILES string of the molecule is CC(=O)c1ccc(-c2ccc(/C=C3\SC(=O)N(Cc4ccc(Br)cc4)C3=O)o2)cc1. The molecule has 7 heteroatoms. The Bertz CT molecular complexity index is 1160. The van der Waals surface area contributed by atoms with Gasteiger partial charge in [-0.3, -0.25) is 19.3 Å². The lowest BCUT2D eigenvalue weighted by atomic mass is 10.1. The highest BCUT2D eigenvalue weighted by Crippen LogP contribution is 2.34. The number of hydrogen-bond acceptors (Lipinski definition) is 5. The van der Waals surface area contributed by atoms with Gasteiger partial charge in [0.05, 0.1) is 11.4 Å². The number of ketones is 1. The van der Waals surface area contributed by atoms with Gasteiger partial charge < -0.3 is 4.42 Å². The number of rotatable bonds is 5. The lowest BCUT2D eigenvalue weighted by molar-refractivity contribution is -0.123. The molecule has 0 atom stereocenters. The number of carbonyl (C=O) groups is 3. The molecule has 0 bridgehead atoms. The summed E-state index contributed by atoms with van der Waals surface area (Å²) in [6.45, 7) is 1.74. The van der Waals surface area contributed by atoms with E-state index in [-0.39, 0.29) is 23.5 Å². The van der Waals surface area contributed by atoms with E-state index in [9.17, 15) is 14.4 Å². The average molecular weight is 482 g/mol. The first kappa shape index (κ1) is 20.4. The first-order chi connectivity index (χ1) is 14.4. The van der Waals surface area contributed by atoms with Crippen LogP contribution in [0.3, 0.4) is 0 Å². The van der Waals surface area contributed by atoms with E-state index in [2.05, 4.69) is 15.9 Å². The van der Waals surface area contributed by atoms with E-state index >= 15 is 0 Å². The number of furan rings is 1. The minimum Gasteiger partial charge on any atom is -0.457 e. The third-order valence-corrected chi connectivity index (χ3v) is 6.04. The van der Waals surface area contributed by atoms with Gasteiger partial charge in [0.15, 0.2) is 5.78 Å². The molecule has 2 amide bonds. The van der Waals surface area contributed by atoms with E-state index in [1.54, 1.807) is 30.3 Å². The van der Waals surface area contributed by atoms with Crippen molar-refractivity contribution in [1.29, 1.82) is 0 Å². The van der Waals surface area contributed by atoms with Crippen LogP contribution in [0.15, 0.2) is 74.5 Å². The van der Waals surface area contributed by atoms with Crippen molar-refractivity contribution in [1.82, 2.24) is 4.90 Å². The summed E-state index contributed by atoms with van der Waals surface area (Å²) < 4.78 is 6.76. The Kier molecular flexibility index (Phi) is 5.74. The highest BCUT2D eigenvalue weighted by atomic mass is 79.9. The highest BCUT2D eigenvalue weighted by molar-refractivity contribution is 9.10. The smallest absolute Gasteiger partial charge is 0.293 e. The molecule has 5 nitrogen and oxygen atoms in total. The zero-order valence-electron chi connectivity index (χ0n) is 15.9. The Hall–Kier alpha value is -2.90.